The highest BCUT2D eigenvalue weighted by molar-refractivity contribution is 7.13. The van der Waals surface area contributed by atoms with Crippen LogP contribution < -0.4 is 15.5 Å². The molecule has 0 bridgehead atoms. The zero-order valence-corrected chi connectivity index (χ0v) is 16.7. The third-order valence-electron chi connectivity index (χ3n) is 3.74. The predicted octanol–water partition coefficient (Wildman–Crippen LogP) is 4.51. The fourth-order valence-electron chi connectivity index (χ4n) is 2.44. The zero-order valence-electron chi connectivity index (χ0n) is 15.0. The lowest BCUT2D eigenvalue weighted by atomic mass is 10.3. The number of hydrogen-bond donors (Lipinski definition) is 2. The molecule has 7 nitrogen and oxygen atoms in total. The van der Waals surface area contributed by atoms with E-state index < -0.39 is 0 Å². The van der Waals surface area contributed by atoms with Gasteiger partial charge in [0.2, 0.25) is 0 Å². The number of thiazole rings is 1. The number of aromatic nitrogens is 3. The van der Waals surface area contributed by atoms with Crippen molar-refractivity contribution in [1.29, 1.82) is 0 Å². The van der Waals surface area contributed by atoms with Gasteiger partial charge in [-0.2, -0.15) is 0 Å². The van der Waals surface area contributed by atoms with Crippen molar-refractivity contribution < 1.29 is 4.79 Å². The van der Waals surface area contributed by atoms with Crippen molar-refractivity contribution in [3.05, 3.63) is 48.1 Å². The lowest BCUT2D eigenvalue weighted by molar-refractivity contribution is 0.262. The van der Waals surface area contributed by atoms with Gasteiger partial charge >= 0.3 is 6.03 Å². The van der Waals surface area contributed by atoms with Crippen LogP contribution in [0.2, 0.25) is 0 Å². The lowest BCUT2D eigenvalue weighted by Crippen LogP contribution is -2.24. The summed E-state index contributed by atoms with van der Waals surface area (Å²) >= 11 is 1.46. The van der Waals surface area contributed by atoms with Crippen LogP contribution in [0.25, 0.3) is 10.6 Å². The maximum atomic E-state index is 12.2. The topological polar surface area (TPSA) is 83.0 Å². The van der Waals surface area contributed by atoms with Crippen molar-refractivity contribution in [3.8, 4) is 10.6 Å². The summed E-state index contributed by atoms with van der Waals surface area (Å²) < 4.78 is 0. The Labute approximate surface area is 168 Å². The summed E-state index contributed by atoms with van der Waals surface area (Å²) in [6.45, 7) is 5.85. The van der Waals surface area contributed by atoms with Crippen molar-refractivity contribution >= 4 is 47.2 Å². The molecule has 3 aromatic heterocycles. The number of rotatable bonds is 6. The molecule has 0 saturated heterocycles. The average Bonchev–Trinajstić information content (AvgIpc) is 3.12. The summed E-state index contributed by atoms with van der Waals surface area (Å²) in [6, 6.07) is 8.95. The van der Waals surface area contributed by atoms with Gasteiger partial charge in [-0.1, -0.05) is 6.07 Å². The van der Waals surface area contributed by atoms with Crippen molar-refractivity contribution in [2.24, 2.45) is 0 Å². The van der Waals surface area contributed by atoms with E-state index in [2.05, 4.69) is 44.3 Å². The third kappa shape index (κ3) is 5.38. The van der Waals surface area contributed by atoms with E-state index >= 15 is 0 Å². The van der Waals surface area contributed by atoms with E-state index in [1.54, 1.807) is 23.8 Å². The second kappa shape index (κ2) is 9.84. The maximum absolute atomic E-state index is 12.2. The summed E-state index contributed by atoms with van der Waals surface area (Å²) in [5, 5.41) is 8.11. The molecule has 0 radical (unpaired) electrons. The molecule has 0 aliphatic carbocycles. The van der Waals surface area contributed by atoms with Gasteiger partial charge in [0.1, 0.15) is 22.5 Å². The first-order chi connectivity index (χ1) is 12.7. The Morgan fingerprint density at radius 1 is 1.04 bits per heavy atom. The standard InChI is InChI=1S/C18H20N6OS.ClH/c1-3-24(4-2)16-7-5-6-14(20-16)22-18(25)23-15-12-26-17(21-15)13-8-10-19-11-9-13;/h5-12H,3-4H2,1-2H3,(H2,20,22,23,25);1H. The highest BCUT2D eigenvalue weighted by Crippen LogP contribution is 2.25. The molecule has 0 atom stereocenters. The molecule has 9 heteroatoms. The van der Waals surface area contributed by atoms with Crippen LogP contribution in [-0.2, 0) is 0 Å². The SMILES string of the molecule is CCN(CC)c1cccc(NC(=O)Nc2csc(-c3ccncc3)n2)n1.Cl. The molecule has 3 rings (SSSR count). The monoisotopic (exact) mass is 404 g/mol. The molecule has 2 amide bonds. The summed E-state index contributed by atoms with van der Waals surface area (Å²) in [5.41, 5.74) is 0.965. The molecule has 0 aromatic carbocycles. The van der Waals surface area contributed by atoms with Crippen LogP contribution in [0.1, 0.15) is 13.8 Å². The Bertz CT molecular complexity index is 869. The van der Waals surface area contributed by atoms with Gasteiger partial charge in [-0.25, -0.2) is 14.8 Å². The normalized spacial score (nSPS) is 10.0. The van der Waals surface area contributed by atoms with Crippen LogP contribution in [0.15, 0.2) is 48.1 Å². The lowest BCUT2D eigenvalue weighted by Gasteiger charge is -2.20. The molecule has 2 N–H and O–H groups in total. The highest BCUT2D eigenvalue weighted by atomic mass is 35.5. The van der Waals surface area contributed by atoms with E-state index in [-0.39, 0.29) is 18.4 Å². The second-order valence-electron chi connectivity index (χ2n) is 5.41. The molecule has 0 saturated carbocycles. The molecular weight excluding hydrogens is 384 g/mol. The number of anilines is 3. The molecule has 3 heterocycles. The van der Waals surface area contributed by atoms with Gasteiger partial charge in [-0.3, -0.25) is 15.6 Å². The number of halogens is 1. The van der Waals surface area contributed by atoms with Crippen LogP contribution in [0.5, 0.6) is 0 Å². The van der Waals surface area contributed by atoms with E-state index in [0.29, 0.717) is 11.6 Å². The maximum Gasteiger partial charge on any atom is 0.326 e. The average molecular weight is 405 g/mol. The molecule has 27 heavy (non-hydrogen) atoms. The second-order valence-corrected chi connectivity index (χ2v) is 6.26. The summed E-state index contributed by atoms with van der Waals surface area (Å²) in [4.78, 5) is 27.2. The van der Waals surface area contributed by atoms with E-state index in [1.807, 2.05) is 24.3 Å². The fourth-order valence-corrected chi connectivity index (χ4v) is 3.20. The highest BCUT2D eigenvalue weighted by Gasteiger charge is 2.10. The largest absolute Gasteiger partial charge is 0.357 e. The smallest absolute Gasteiger partial charge is 0.326 e. The van der Waals surface area contributed by atoms with Crippen LogP contribution in [0, 0.1) is 0 Å². The first-order valence-electron chi connectivity index (χ1n) is 8.35. The first kappa shape index (κ1) is 20.6. The Morgan fingerprint density at radius 3 is 2.44 bits per heavy atom. The fraction of sp³-hybridized carbons (Fsp3) is 0.222. The summed E-state index contributed by atoms with van der Waals surface area (Å²) in [5.74, 6) is 1.83. The number of urea groups is 1. The van der Waals surface area contributed by atoms with Crippen LogP contribution in [0.3, 0.4) is 0 Å². The van der Waals surface area contributed by atoms with Gasteiger partial charge in [-0.05, 0) is 38.1 Å². The van der Waals surface area contributed by atoms with Gasteiger partial charge in [-0.15, -0.1) is 23.7 Å². The van der Waals surface area contributed by atoms with Gasteiger partial charge in [0.25, 0.3) is 0 Å². The molecular formula is C18H21ClN6OS. The minimum atomic E-state index is -0.374. The molecule has 0 spiro atoms. The molecule has 0 unspecified atom stereocenters. The molecule has 0 aliphatic rings. The number of pyridine rings is 2. The summed E-state index contributed by atoms with van der Waals surface area (Å²) in [7, 11) is 0. The van der Waals surface area contributed by atoms with Gasteiger partial charge in [0.15, 0.2) is 0 Å². The van der Waals surface area contributed by atoms with Gasteiger partial charge in [0.05, 0.1) is 0 Å². The Morgan fingerprint density at radius 2 is 1.74 bits per heavy atom. The molecule has 3 aromatic rings. The third-order valence-corrected chi connectivity index (χ3v) is 4.63. The van der Waals surface area contributed by atoms with Crippen LogP contribution in [0.4, 0.5) is 22.2 Å². The van der Waals surface area contributed by atoms with E-state index in [9.17, 15) is 4.79 Å². The Hall–Kier alpha value is -2.71. The number of carbonyl (C=O) groups is 1. The molecule has 142 valence electrons. The van der Waals surface area contributed by atoms with Crippen LogP contribution >= 0.6 is 23.7 Å². The van der Waals surface area contributed by atoms with Crippen molar-refractivity contribution in [2.45, 2.75) is 13.8 Å². The zero-order chi connectivity index (χ0) is 18.4. The van der Waals surface area contributed by atoms with Crippen molar-refractivity contribution in [2.75, 3.05) is 28.6 Å². The van der Waals surface area contributed by atoms with Crippen LogP contribution in [-0.4, -0.2) is 34.1 Å². The number of nitrogens with one attached hydrogen (secondary N) is 2. The van der Waals surface area contributed by atoms with E-state index in [4.69, 9.17) is 0 Å². The Balaban J connectivity index is 0.00000261. The number of amides is 2. The van der Waals surface area contributed by atoms with E-state index in [1.165, 1.54) is 11.3 Å². The van der Waals surface area contributed by atoms with E-state index in [0.717, 1.165) is 29.5 Å². The number of hydrogen-bond acceptors (Lipinski definition) is 6. The van der Waals surface area contributed by atoms with Crippen molar-refractivity contribution in [3.63, 3.8) is 0 Å². The Kier molecular flexibility index (Phi) is 7.51. The molecule has 0 aliphatic heterocycles. The summed E-state index contributed by atoms with van der Waals surface area (Å²) in [6.07, 6.45) is 3.43. The minimum absolute atomic E-state index is 0. The predicted molar refractivity (Wildman–Crippen MR) is 113 cm³/mol. The molecule has 0 fully saturated rings. The number of carbonyl (C=O) groups excluding carboxylic acids is 1. The van der Waals surface area contributed by atoms with Gasteiger partial charge in [0, 0.05) is 36.4 Å². The minimum Gasteiger partial charge on any atom is -0.357 e. The van der Waals surface area contributed by atoms with Crippen molar-refractivity contribution in [1.82, 2.24) is 15.0 Å². The number of nitrogens with zero attached hydrogens (tertiary/aromatic N) is 4. The first-order valence-corrected chi connectivity index (χ1v) is 9.23. The van der Waals surface area contributed by atoms with Gasteiger partial charge < -0.3 is 4.90 Å². The quantitative estimate of drug-likeness (QED) is 0.631.